The Hall–Kier alpha value is -1.19. The van der Waals surface area contributed by atoms with E-state index in [0.717, 1.165) is 19.3 Å². The summed E-state index contributed by atoms with van der Waals surface area (Å²) in [6.07, 6.45) is 6.20. The van der Waals surface area contributed by atoms with Gasteiger partial charge in [-0.05, 0) is 19.3 Å². The highest BCUT2D eigenvalue weighted by molar-refractivity contribution is 7.88. The molecule has 0 aliphatic heterocycles. The van der Waals surface area contributed by atoms with Gasteiger partial charge in [0.15, 0.2) is 0 Å². The van der Waals surface area contributed by atoms with Crippen LogP contribution in [-0.4, -0.2) is 53.1 Å². The second-order valence-corrected chi connectivity index (χ2v) is 7.91. The van der Waals surface area contributed by atoms with Crippen LogP contribution in [0.25, 0.3) is 0 Å². The van der Waals surface area contributed by atoms with Crippen molar-refractivity contribution in [2.75, 3.05) is 13.2 Å². The van der Waals surface area contributed by atoms with Gasteiger partial charge in [-0.15, -0.1) is 0 Å². The maximum Gasteiger partial charge on any atom is 0.328 e. The van der Waals surface area contributed by atoms with Crippen molar-refractivity contribution < 1.29 is 37.5 Å². The largest absolute Gasteiger partial charge is 0.481 e. The SMILES string of the molecule is CCCCCCCCCOCCCC(CC(=O)O)(C(=O)O)S(=O)(=O)O. The third kappa shape index (κ3) is 9.18. The Balaban J connectivity index is 4.16. The molecule has 0 aliphatic carbocycles. The van der Waals surface area contributed by atoms with E-state index in [9.17, 15) is 22.6 Å². The first-order valence-electron chi connectivity index (χ1n) is 8.67. The standard InChI is InChI=1S/C16H30O8S/c1-2-3-4-5-6-7-8-11-24-12-9-10-16(15(19)20,13-14(17)18)25(21,22)23/h2-13H2,1H3,(H,17,18)(H,19,20)(H,21,22,23). The predicted octanol–water partition coefficient (Wildman–Crippen LogP) is 2.72. The summed E-state index contributed by atoms with van der Waals surface area (Å²) >= 11 is 0. The molecule has 148 valence electrons. The normalized spacial score (nSPS) is 14.2. The molecule has 0 spiro atoms. The van der Waals surface area contributed by atoms with Crippen molar-refractivity contribution >= 4 is 22.1 Å². The van der Waals surface area contributed by atoms with Gasteiger partial charge in [0.05, 0.1) is 6.42 Å². The Kier molecular flexibility index (Phi) is 11.6. The monoisotopic (exact) mass is 382 g/mol. The van der Waals surface area contributed by atoms with Crippen LogP contribution in [0.2, 0.25) is 0 Å². The first-order chi connectivity index (χ1) is 11.7. The number of carboxylic acids is 2. The molecule has 0 fully saturated rings. The molecule has 0 rings (SSSR count). The Bertz CT molecular complexity index is 502. The maximum atomic E-state index is 11.4. The lowest BCUT2D eigenvalue weighted by Gasteiger charge is -2.24. The summed E-state index contributed by atoms with van der Waals surface area (Å²) in [6.45, 7) is 2.75. The van der Waals surface area contributed by atoms with E-state index in [1.54, 1.807) is 0 Å². The number of carboxylic acid groups (broad SMARTS) is 2. The minimum atomic E-state index is -5.07. The predicted molar refractivity (Wildman–Crippen MR) is 92.2 cm³/mol. The molecule has 0 aliphatic rings. The van der Waals surface area contributed by atoms with E-state index in [-0.39, 0.29) is 13.0 Å². The van der Waals surface area contributed by atoms with Gasteiger partial charge in [0, 0.05) is 13.2 Å². The van der Waals surface area contributed by atoms with Crippen molar-refractivity contribution in [2.24, 2.45) is 0 Å². The number of carbonyl (C=O) groups is 2. The molecule has 0 saturated heterocycles. The molecule has 0 aromatic carbocycles. The van der Waals surface area contributed by atoms with Crippen molar-refractivity contribution in [1.29, 1.82) is 0 Å². The number of ether oxygens (including phenoxy) is 1. The highest BCUT2D eigenvalue weighted by Crippen LogP contribution is 2.28. The van der Waals surface area contributed by atoms with E-state index in [1.165, 1.54) is 25.7 Å². The fraction of sp³-hybridized carbons (Fsp3) is 0.875. The lowest BCUT2D eigenvalue weighted by molar-refractivity contribution is -0.147. The van der Waals surface area contributed by atoms with E-state index < -0.39 is 39.6 Å². The molecule has 1 atom stereocenters. The molecule has 3 N–H and O–H groups in total. The minimum absolute atomic E-state index is 0.0237. The van der Waals surface area contributed by atoms with Crippen molar-refractivity contribution in [3.63, 3.8) is 0 Å². The summed E-state index contributed by atoms with van der Waals surface area (Å²) < 4.78 is 34.6. The van der Waals surface area contributed by atoms with Crippen LogP contribution in [0.15, 0.2) is 0 Å². The fourth-order valence-electron chi connectivity index (χ4n) is 2.57. The summed E-state index contributed by atoms with van der Waals surface area (Å²) in [5, 5.41) is 17.9. The van der Waals surface area contributed by atoms with Crippen LogP contribution in [0.1, 0.15) is 71.1 Å². The molecule has 9 heteroatoms. The summed E-state index contributed by atoms with van der Waals surface area (Å²) in [4.78, 5) is 22.1. The smallest absolute Gasteiger partial charge is 0.328 e. The van der Waals surface area contributed by atoms with Gasteiger partial charge in [0.1, 0.15) is 0 Å². The Labute approximate surface area is 149 Å². The third-order valence-corrected chi connectivity index (χ3v) is 5.59. The molecule has 1 unspecified atom stereocenters. The first-order valence-corrected chi connectivity index (χ1v) is 10.1. The molecule has 25 heavy (non-hydrogen) atoms. The molecule has 0 bridgehead atoms. The molecule has 8 nitrogen and oxygen atoms in total. The second-order valence-electron chi connectivity index (χ2n) is 6.18. The number of hydrogen-bond acceptors (Lipinski definition) is 5. The number of hydrogen-bond donors (Lipinski definition) is 3. The topological polar surface area (TPSA) is 138 Å². The maximum absolute atomic E-state index is 11.4. The highest BCUT2D eigenvalue weighted by Gasteiger charge is 2.51. The van der Waals surface area contributed by atoms with Crippen LogP contribution < -0.4 is 0 Å². The molecule has 0 heterocycles. The summed E-state index contributed by atoms with van der Waals surface area (Å²) in [7, 11) is -5.07. The Morgan fingerprint density at radius 3 is 1.92 bits per heavy atom. The van der Waals surface area contributed by atoms with Gasteiger partial charge in [-0.1, -0.05) is 45.4 Å². The summed E-state index contributed by atoms with van der Waals surface area (Å²) in [5.74, 6) is -3.48. The van der Waals surface area contributed by atoms with Crippen molar-refractivity contribution in [2.45, 2.75) is 75.9 Å². The van der Waals surface area contributed by atoms with Crippen molar-refractivity contribution in [1.82, 2.24) is 0 Å². The Morgan fingerprint density at radius 1 is 0.920 bits per heavy atom. The van der Waals surface area contributed by atoms with E-state index in [0.29, 0.717) is 6.61 Å². The fourth-order valence-corrected chi connectivity index (χ4v) is 3.50. The van der Waals surface area contributed by atoms with Crippen molar-refractivity contribution in [3.05, 3.63) is 0 Å². The molecule has 0 radical (unpaired) electrons. The average molecular weight is 382 g/mol. The zero-order valence-corrected chi connectivity index (χ0v) is 15.6. The van der Waals surface area contributed by atoms with Gasteiger partial charge in [-0.25, -0.2) is 0 Å². The van der Waals surface area contributed by atoms with Gasteiger partial charge in [0.2, 0.25) is 4.75 Å². The summed E-state index contributed by atoms with van der Waals surface area (Å²) in [5.41, 5.74) is 0. The number of rotatable bonds is 16. The molecule has 0 aromatic rings. The molecule has 0 amide bonds. The molecular weight excluding hydrogens is 352 g/mol. The van der Waals surface area contributed by atoms with E-state index in [1.807, 2.05) is 0 Å². The molecular formula is C16H30O8S. The van der Waals surface area contributed by atoms with E-state index >= 15 is 0 Å². The van der Waals surface area contributed by atoms with Gasteiger partial charge >= 0.3 is 11.9 Å². The van der Waals surface area contributed by atoms with Gasteiger partial charge < -0.3 is 14.9 Å². The van der Waals surface area contributed by atoms with Crippen LogP contribution >= 0.6 is 0 Å². The third-order valence-electron chi connectivity index (χ3n) is 4.08. The lowest BCUT2D eigenvalue weighted by atomic mass is 9.98. The van der Waals surface area contributed by atoms with Gasteiger partial charge in [0.25, 0.3) is 10.1 Å². The lowest BCUT2D eigenvalue weighted by Crippen LogP contribution is -2.48. The quantitative estimate of drug-likeness (QED) is 0.273. The van der Waals surface area contributed by atoms with E-state index in [2.05, 4.69) is 6.92 Å². The second kappa shape index (κ2) is 12.2. The summed E-state index contributed by atoms with van der Waals surface area (Å²) in [6, 6.07) is 0. The van der Waals surface area contributed by atoms with Crippen LogP contribution in [0, 0.1) is 0 Å². The molecule has 0 aromatic heterocycles. The first kappa shape index (κ1) is 23.8. The van der Waals surface area contributed by atoms with Gasteiger partial charge in [-0.3, -0.25) is 14.1 Å². The van der Waals surface area contributed by atoms with Crippen LogP contribution in [0.5, 0.6) is 0 Å². The molecule has 0 saturated carbocycles. The Morgan fingerprint density at radius 2 is 1.44 bits per heavy atom. The van der Waals surface area contributed by atoms with Crippen LogP contribution in [0.4, 0.5) is 0 Å². The van der Waals surface area contributed by atoms with Crippen LogP contribution in [-0.2, 0) is 24.4 Å². The van der Waals surface area contributed by atoms with E-state index in [4.69, 9.17) is 14.9 Å². The van der Waals surface area contributed by atoms with Gasteiger partial charge in [-0.2, -0.15) is 8.42 Å². The number of aliphatic carboxylic acids is 2. The highest BCUT2D eigenvalue weighted by atomic mass is 32.2. The van der Waals surface area contributed by atoms with Crippen LogP contribution in [0.3, 0.4) is 0 Å². The number of unbranched alkanes of at least 4 members (excludes halogenated alkanes) is 6. The van der Waals surface area contributed by atoms with Crippen molar-refractivity contribution in [3.8, 4) is 0 Å². The zero-order chi connectivity index (χ0) is 19.3. The minimum Gasteiger partial charge on any atom is -0.481 e. The average Bonchev–Trinajstić information content (AvgIpc) is 2.49. The zero-order valence-electron chi connectivity index (χ0n) is 14.8.